The Labute approximate surface area is 402 Å². The lowest BCUT2D eigenvalue weighted by molar-refractivity contribution is 0.0173. The van der Waals surface area contributed by atoms with Crippen LogP contribution in [-0.2, 0) is 29.1 Å². The van der Waals surface area contributed by atoms with E-state index in [1.165, 1.54) is 0 Å². The number of phenolic OH excluding ortho intramolecular Hbond substituents is 1. The van der Waals surface area contributed by atoms with Crippen molar-refractivity contribution in [1.29, 1.82) is 0 Å². The number of aliphatic hydroxyl groups is 2. The lowest BCUT2D eigenvalue weighted by Crippen LogP contribution is -2.42. The van der Waals surface area contributed by atoms with Gasteiger partial charge < -0.3 is 29.5 Å². The summed E-state index contributed by atoms with van der Waals surface area (Å²) < 4.78 is 71.7. The van der Waals surface area contributed by atoms with Crippen molar-refractivity contribution in [2.45, 2.75) is 127 Å². The van der Waals surface area contributed by atoms with Crippen molar-refractivity contribution in [2.24, 2.45) is 10.8 Å². The molecule has 2 aliphatic heterocycles. The number of hydrogen-bond acceptors (Lipinski definition) is 10. The Hall–Kier alpha value is -3.05. The molecule has 4 aromatic carbocycles. The van der Waals surface area contributed by atoms with Crippen LogP contribution in [-0.4, -0.2) is 93.3 Å². The summed E-state index contributed by atoms with van der Waals surface area (Å²) in [6, 6.07) is 25.3. The molecule has 0 saturated heterocycles. The van der Waals surface area contributed by atoms with E-state index in [0.29, 0.717) is 78.8 Å². The van der Waals surface area contributed by atoms with E-state index < -0.39 is 54.5 Å². The molecule has 0 aromatic heterocycles. The van der Waals surface area contributed by atoms with Crippen LogP contribution in [0.5, 0.6) is 11.5 Å². The number of alkyl halides is 1. The molecule has 2 heterocycles. The molecule has 0 spiro atoms. The van der Waals surface area contributed by atoms with E-state index in [1.807, 2.05) is 76.2 Å². The summed E-state index contributed by atoms with van der Waals surface area (Å²) in [6.07, 6.45) is 4.53. The van der Waals surface area contributed by atoms with Crippen LogP contribution < -0.4 is 4.74 Å². The van der Waals surface area contributed by atoms with Crippen LogP contribution in [0.3, 0.4) is 0 Å². The van der Waals surface area contributed by atoms with Crippen molar-refractivity contribution in [3.63, 3.8) is 0 Å². The van der Waals surface area contributed by atoms with E-state index >= 15 is 0 Å². The zero-order valence-electron chi connectivity index (χ0n) is 39.1. The molecule has 0 bridgehead atoms. The number of benzene rings is 4. The zero-order chi connectivity index (χ0) is 47.4. The fraction of sp³-hybridized carbons (Fsp3) is 0.538. The van der Waals surface area contributed by atoms with Gasteiger partial charge in [0.2, 0.25) is 0 Å². The lowest BCUT2D eigenvalue weighted by Gasteiger charge is -2.39. The highest BCUT2D eigenvalue weighted by molar-refractivity contribution is 14.1. The maximum Gasteiger partial charge on any atom is 0.179 e. The van der Waals surface area contributed by atoms with Crippen LogP contribution >= 0.6 is 22.6 Å². The second-order valence-corrected chi connectivity index (χ2v) is 23.0. The fourth-order valence-corrected chi connectivity index (χ4v) is 14.6. The number of hydrogen-bond donors (Lipinski definition) is 3. The Kier molecular flexibility index (Phi) is 19.4. The van der Waals surface area contributed by atoms with E-state index in [4.69, 9.17) is 14.2 Å². The van der Waals surface area contributed by atoms with Crippen molar-refractivity contribution in [3.05, 3.63) is 118 Å². The topological polar surface area (TPSA) is 157 Å². The summed E-state index contributed by atoms with van der Waals surface area (Å²) in [7, 11) is -7.10. The van der Waals surface area contributed by atoms with Crippen LogP contribution in [0.15, 0.2) is 94.7 Å². The van der Waals surface area contributed by atoms with Crippen LogP contribution in [0.4, 0.5) is 0 Å². The van der Waals surface area contributed by atoms with Gasteiger partial charge in [0, 0.05) is 27.1 Å². The molecule has 0 amide bonds. The van der Waals surface area contributed by atoms with Crippen molar-refractivity contribution in [1.82, 2.24) is 0 Å². The predicted molar refractivity (Wildman–Crippen MR) is 267 cm³/mol. The molecule has 65 heavy (non-hydrogen) atoms. The molecular weight excluding hydrogens is 976 g/mol. The number of halogens is 1. The Morgan fingerprint density at radius 3 is 1.43 bits per heavy atom. The van der Waals surface area contributed by atoms with E-state index in [-0.39, 0.29) is 17.3 Å². The third-order valence-electron chi connectivity index (χ3n) is 13.6. The van der Waals surface area contributed by atoms with Gasteiger partial charge in [0.25, 0.3) is 0 Å². The Balaban J connectivity index is 0.000000253. The third-order valence-corrected chi connectivity index (χ3v) is 18.0. The Morgan fingerprint density at radius 1 is 0.600 bits per heavy atom. The van der Waals surface area contributed by atoms with Crippen LogP contribution in [0.1, 0.15) is 124 Å². The number of rotatable bonds is 19. The first-order chi connectivity index (χ1) is 31.0. The summed E-state index contributed by atoms with van der Waals surface area (Å²) in [6.45, 7) is 14.8. The molecule has 10 nitrogen and oxygen atoms in total. The average molecular weight is 1050 g/mol. The van der Waals surface area contributed by atoms with Gasteiger partial charge in [-0.15, -0.1) is 0 Å². The first-order valence-electron chi connectivity index (χ1n) is 23.3. The second-order valence-electron chi connectivity index (χ2n) is 18.0. The average Bonchev–Trinajstić information content (AvgIpc) is 3.40. The minimum Gasteiger partial charge on any atom is -0.508 e. The highest BCUT2D eigenvalue weighted by Gasteiger charge is 2.50. The van der Waals surface area contributed by atoms with Gasteiger partial charge in [-0.05, 0) is 98.2 Å². The molecule has 2 aliphatic rings. The molecule has 6 rings (SSSR count). The van der Waals surface area contributed by atoms with Crippen molar-refractivity contribution >= 4 is 42.3 Å². The van der Waals surface area contributed by atoms with Crippen molar-refractivity contribution in [2.75, 3.05) is 49.0 Å². The molecule has 13 heteroatoms. The van der Waals surface area contributed by atoms with Gasteiger partial charge in [0.1, 0.15) is 18.1 Å². The normalized spacial score (nSPS) is 24.4. The maximum absolute atomic E-state index is 13.6. The largest absolute Gasteiger partial charge is 0.508 e. The van der Waals surface area contributed by atoms with Crippen molar-refractivity contribution in [3.8, 4) is 11.5 Å². The maximum atomic E-state index is 13.6. The van der Waals surface area contributed by atoms with E-state index in [0.717, 1.165) is 59.0 Å². The summed E-state index contributed by atoms with van der Waals surface area (Å²) in [5.41, 5.74) is 3.58. The third kappa shape index (κ3) is 12.7. The van der Waals surface area contributed by atoms with Crippen LogP contribution in [0.2, 0.25) is 0 Å². The predicted octanol–water partition coefficient (Wildman–Crippen LogP) is 10.3. The van der Waals surface area contributed by atoms with E-state index in [1.54, 1.807) is 36.4 Å². The van der Waals surface area contributed by atoms with E-state index in [9.17, 15) is 32.2 Å². The molecule has 0 saturated carbocycles. The number of ether oxygens (including phenoxy) is 3. The number of phenols is 1. The first-order valence-corrected chi connectivity index (χ1v) is 28.1. The smallest absolute Gasteiger partial charge is 0.179 e. The lowest BCUT2D eigenvalue weighted by atomic mass is 9.69. The molecule has 0 fully saturated rings. The Bertz CT molecular complexity index is 2350. The zero-order valence-corrected chi connectivity index (χ0v) is 42.9. The molecule has 4 aromatic rings. The summed E-state index contributed by atoms with van der Waals surface area (Å²) in [5, 5.41) is 33.3. The number of fused-ring (bicyclic) bond motifs is 2. The van der Waals surface area contributed by atoms with E-state index in [2.05, 4.69) is 36.4 Å². The molecule has 0 aliphatic carbocycles. The van der Waals surface area contributed by atoms with Crippen molar-refractivity contribution < 1.29 is 46.4 Å². The molecule has 0 unspecified atom stereocenters. The summed E-state index contributed by atoms with van der Waals surface area (Å²) in [4.78, 5) is 0.663. The number of sulfone groups is 2. The van der Waals surface area contributed by atoms with Gasteiger partial charge in [0.15, 0.2) is 19.7 Å². The van der Waals surface area contributed by atoms with Crippen LogP contribution in [0.25, 0.3) is 0 Å². The Morgan fingerprint density at radius 2 is 1.02 bits per heavy atom. The summed E-state index contributed by atoms with van der Waals surface area (Å²) >= 11 is 2.27. The quantitative estimate of drug-likeness (QED) is 0.0469. The number of unbranched alkanes of at least 4 members (excludes halogenated alkanes) is 2. The molecule has 6 atom stereocenters. The minimum absolute atomic E-state index is 0.0332. The standard InChI is InChI=1S/C29H41IO6S.C23H30O4S/c1-4-6-13-29(5-2)21-37(32,33)26-12-7-22(3)20-25(26)27(28(29)31)23-8-10-24(11-9-23)36-19-18-35-17-16-34-15-14-30;1-4-6-13-23(5-2)15-28(26,27)20-12-7-16(3)14-19(20)21(22(23)25)17-8-10-18(24)11-9-17/h7-12,20,27-28,31H,4-6,13-19,21H2,1-3H3;7-12,14,21-22,24-25H,4-6,13,15H2,1-3H3/t27-,28-,29-;21-,22-,23-/m11/s1. The number of aliphatic hydroxyl groups excluding tert-OH is 2. The number of aryl methyl sites for hydroxylation is 2. The van der Waals surface area contributed by atoms with Gasteiger partial charge >= 0.3 is 0 Å². The highest BCUT2D eigenvalue weighted by Crippen LogP contribution is 2.50. The first kappa shape index (κ1) is 52.9. The van der Waals surface area contributed by atoms with Gasteiger partial charge in [0.05, 0.1) is 59.9 Å². The molecule has 3 N–H and O–H groups in total. The van der Waals surface area contributed by atoms with Crippen LogP contribution in [0, 0.1) is 24.7 Å². The molecule has 358 valence electrons. The van der Waals surface area contributed by atoms with Gasteiger partial charge in [-0.25, -0.2) is 16.8 Å². The SMILES string of the molecule is CCCC[C@]1(CC)CS(=O)(=O)c2ccc(C)cc2[C@@H](c2ccc(O)cc2)[C@H]1O.CCCC[C@]1(CC)CS(=O)(=O)c2ccc(C)cc2[C@@H](c2ccc(OCCOCCOCCI)cc2)[C@H]1O. The number of aromatic hydroxyl groups is 1. The molecular formula is C52H71IO10S2. The fourth-order valence-electron chi connectivity index (χ4n) is 9.76. The molecule has 0 radical (unpaired) electrons. The van der Waals surface area contributed by atoms with Gasteiger partial charge in [-0.3, -0.25) is 0 Å². The minimum atomic E-state index is -3.56. The summed E-state index contributed by atoms with van der Waals surface area (Å²) in [5.74, 6) is -0.108. The van der Waals surface area contributed by atoms with Gasteiger partial charge in [-0.1, -0.05) is 136 Å². The monoisotopic (exact) mass is 1050 g/mol. The second kappa shape index (κ2) is 23.8. The highest BCUT2D eigenvalue weighted by atomic mass is 127. The van der Waals surface area contributed by atoms with Gasteiger partial charge in [-0.2, -0.15) is 0 Å².